The third kappa shape index (κ3) is 4.43. The van der Waals surface area contributed by atoms with Crippen molar-refractivity contribution < 1.29 is 13.2 Å². The van der Waals surface area contributed by atoms with E-state index in [4.69, 9.17) is 0 Å². The number of likely N-dealkylation sites (tertiary alicyclic amines) is 1. The van der Waals surface area contributed by atoms with Gasteiger partial charge in [0.2, 0.25) is 15.9 Å². The van der Waals surface area contributed by atoms with Gasteiger partial charge in [-0.2, -0.15) is 4.31 Å². The average molecular weight is 434 g/mol. The number of piperidine rings is 1. The predicted molar refractivity (Wildman–Crippen MR) is 118 cm³/mol. The highest BCUT2D eigenvalue weighted by Gasteiger charge is 2.36. The second kappa shape index (κ2) is 8.97. The van der Waals surface area contributed by atoms with Gasteiger partial charge in [0.05, 0.1) is 11.4 Å². The Morgan fingerprint density at radius 1 is 0.933 bits per heavy atom. The van der Waals surface area contributed by atoms with Gasteiger partial charge < -0.3 is 4.90 Å². The van der Waals surface area contributed by atoms with Crippen LogP contribution in [0.1, 0.15) is 49.7 Å². The molecule has 0 spiro atoms. The lowest BCUT2D eigenvalue weighted by Gasteiger charge is -2.45. The number of rotatable bonds is 4. The normalized spacial score (nSPS) is 26.4. The molecule has 0 N–H and O–H groups in total. The lowest BCUT2D eigenvalue weighted by atomic mass is 9.78. The number of nitrogens with zero attached hydrogens (tertiary/aromatic N) is 3. The number of hydrogen-bond acceptors (Lipinski definition) is 4. The van der Waals surface area contributed by atoms with Crippen molar-refractivity contribution in [3.63, 3.8) is 0 Å². The summed E-state index contributed by atoms with van der Waals surface area (Å²) in [7, 11) is -3.48. The van der Waals surface area contributed by atoms with Crippen LogP contribution in [0.2, 0.25) is 0 Å². The molecule has 1 saturated carbocycles. The summed E-state index contributed by atoms with van der Waals surface area (Å²) in [6.07, 6.45) is 7.35. The maximum atomic E-state index is 13.0. The van der Waals surface area contributed by atoms with Crippen LogP contribution in [0.25, 0.3) is 0 Å². The zero-order valence-corrected chi connectivity index (χ0v) is 19.2. The van der Waals surface area contributed by atoms with Crippen LogP contribution in [-0.4, -0.2) is 73.7 Å². The zero-order chi connectivity index (χ0) is 21.3. The minimum absolute atomic E-state index is 0.233. The van der Waals surface area contributed by atoms with Gasteiger partial charge in [-0.3, -0.25) is 9.69 Å². The number of sulfonamides is 1. The summed E-state index contributed by atoms with van der Waals surface area (Å²) >= 11 is 0. The van der Waals surface area contributed by atoms with Crippen molar-refractivity contribution in [1.82, 2.24) is 14.1 Å². The molecule has 2 heterocycles. The first-order valence-electron chi connectivity index (χ1n) is 11.5. The molecule has 0 radical (unpaired) electrons. The summed E-state index contributed by atoms with van der Waals surface area (Å²) in [5.74, 6) is 0.925. The van der Waals surface area contributed by atoms with E-state index in [0.29, 0.717) is 49.6 Å². The minimum Gasteiger partial charge on any atom is -0.338 e. The Hall–Kier alpha value is -1.44. The van der Waals surface area contributed by atoms with Crippen molar-refractivity contribution in [2.24, 2.45) is 5.92 Å². The van der Waals surface area contributed by atoms with Gasteiger partial charge in [-0.1, -0.05) is 18.9 Å². The van der Waals surface area contributed by atoms with Crippen molar-refractivity contribution >= 4 is 15.9 Å². The Kier molecular flexibility index (Phi) is 6.51. The van der Waals surface area contributed by atoms with Crippen LogP contribution in [-0.2, 0) is 14.8 Å². The van der Waals surface area contributed by atoms with Crippen LogP contribution in [0.5, 0.6) is 0 Å². The number of aryl methyl sites for hydroxylation is 2. The van der Waals surface area contributed by atoms with E-state index >= 15 is 0 Å². The third-order valence-electron chi connectivity index (χ3n) is 7.37. The van der Waals surface area contributed by atoms with E-state index in [1.807, 2.05) is 19.9 Å². The second-order valence-electron chi connectivity index (χ2n) is 9.27. The zero-order valence-electron chi connectivity index (χ0n) is 18.3. The van der Waals surface area contributed by atoms with Crippen molar-refractivity contribution in [3.8, 4) is 0 Å². The van der Waals surface area contributed by atoms with E-state index in [2.05, 4.69) is 9.80 Å². The first-order chi connectivity index (χ1) is 14.4. The average Bonchev–Trinajstić information content (AvgIpc) is 2.75. The molecular weight excluding hydrogens is 398 g/mol. The molecule has 1 aromatic carbocycles. The Balaban J connectivity index is 1.34. The first-order valence-corrected chi connectivity index (χ1v) is 12.9. The highest BCUT2D eigenvalue weighted by Crippen LogP contribution is 2.35. The van der Waals surface area contributed by atoms with E-state index in [9.17, 15) is 13.2 Å². The van der Waals surface area contributed by atoms with E-state index < -0.39 is 10.0 Å². The molecule has 4 rings (SSSR count). The third-order valence-corrected chi connectivity index (χ3v) is 9.26. The molecule has 2 saturated heterocycles. The molecule has 3 fully saturated rings. The number of benzene rings is 1. The van der Waals surface area contributed by atoms with E-state index in [-0.39, 0.29) is 5.91 Å². The molecular formula is C23H35N3O3S. The van der Waals surface area contributed by atoms with Crippen molar-refractivity contribution in [3.05, 3.63) is 29.3 Å². The molecule has 7 heteroatoms. The predicted octanol–water partition coefficient (Wildman–Crippen LogP) is 2.79. The number of carbonyl (C=O) groups excluding carboxylic acids is 1. The van der Waals surface area contributed by atoms with Gasteiger partial charge >= 0.3 is 0 Å². The Labute approximate surface area is 181 Å². The SMILES string of the molecule is Cc1ccc(S(=O)(=O)N2CCN(CC(=O)N3CCC[C@H]4CCCC[C@@H]43)CC2)cc1C. The van der Waals surface area contributed by atoms with Gasteiger partial charge in [-0.25, -0.2) is 8.42 Å². The Bertz CT molecular complexity index is 876. The second-order valence-corrected chi connectivity index (χ2v) is 11.2. The number of piperazine rings is 1. The summed E-state index contributed by atoms with van der Waals surface area (Å²) < 4.78 is 27.6. The van der Waals surface area contributed by atoms with E-state index in [0.717, 1.165) is 30.5 Å². The van der Waals surface area contributed by atoms with Crippen LogP contribution >= 0.6 is 0 Å². The quantitative estimate of drug-likeness (QED) is 0.733. The number of hydrogen-bond donors (Lipinski definition) is 0. The molecule has 2 atom stereocenters. The molecule has 2 aliphatic heterocycles. The Morgan fingerprint density at radius 3 is 2.37 bits per heavy atom. The maximum absolute atomic E-state index is 13.0. The molecule has 1 aromatic rings. The molecule has 166 valence electrons. The first kappa shape index (κ1) is 21.8. The molecule has 6 nitrogen and oxygen atoms in total. The highest BCUT2D eigenvalue weighted by atomic mass is 32.2. The van der Waals surface area contributed by atoms with Crippen LogP contribution in [0.15, 0.2) is 23.1 Å². The van der Waals surface area contributed by atoms with Gasteiger partial charge in [-0.05, 0) is 68.7 Å². The molecule has 0 unspecified atom stereocenters. The minimum atomic E-state index is -3.48. The number of fused-ring (bicyclic) bond motifs is 1. The largest absolute Gasteiger partial charge is 0.338 e. The van der Waals surface area contributed by atoms with Crippen molar-refractivity contribution in [1.29, 1.82) is 0 Å². The molecule has 0 aromatic heterocycles. The van der Waals surface area contributed by atoms with Gasteiger partial charge in [-0.15, -0.1) is 0 Å². The monoisotopic (exact) mass is 433 g/mol. The van der Waals surface area contributed by atoms with Gasteiger partial charge in [0.15, 0.2) is 0 Å². The molecule has 3 aliphatic rings. The summed E-state index contributed by atoms with van der Waals surface area (Å²) in [5, 5.41) is 0. The maximum Gasteiger partial charge on any atom is 0.243 e. The smallest absolute Gasteiger partial charge is 0.243 e. The Morgan fingerprint density at radius 2 is 1.63 bits per heavy atom. The standard InChI is InChI=1S/C23H35N3O3S/c1-18-9-10-21(16-19(18)2)30(28,29)25-14-12-24(13-15-25)17-23(27)26-11-5-7-20-6-3-4-8-22(20)26/h9-10,16,20,22H,3-8,11-15,17H2,1-2H3/t20-,22+/m1/s1. The van der Waals surface area contributed by atoms with Gasteiger partial charge in [0.1, 0.15) is 0 Å². The van der Waals surface area contributed by atoms with Crippen molar-refractivity contribution in [2.45, 2.75) is 63.3 Å². The molecule has 0 bridgehead atoms. The van der Waals surface area contributed by atoms with Gasteiger partial charge in [0.25, 0.3) is 0 Å². The fourth-order valence-electron chi connectivity index (χ4n) is 5.37. The number of amides is 1. The van der Waals surface area contributed by atoms with E-state index in [1.165, 1.54) is 25.7 Å². The lowest BCUT2D eigenvalue weighted by molar-refractivity contribution is -0.139. The molecule has 1 amide bonds. The van der Waals surface area contributed by atoms with E-state index in [1.54, 1.807) is 16.4 Å². The summed E-state index contributed by atoms with van der Waals surface area (Å²) in [4.78, 5) is 17.7. The van der Waals surface area contributed by atoms with Gasteiger partial charge in [0, 0.05) is 38.8 Å². The summed E-state index contributed by atoms with van der Waals surface area (Å²) in [6.45, 7) is 7.33. The fraction of sp³-hybridized carbons (Fsp3) is 0.696. The summed E-state index contributed by atoms with van der Waals surface area (Å²) in [5.41, 5.74) is 2.08. The topological polar surface area (TPSA) is 60.9 Å². The molecule has 1 aliphatic carbocycles. The summed E-state index contributed by atoms with van der Waals surface area (Å²) in [6, 6.07) is 5.77. The van der Waals surface area contributed by atoms with Crippen molar-refractivity contribution in [2.75, 3.05) is 39.3 Å². The number of carbonyl (C=O) groups is 1. The van der Waals surface area contributed by atoms with Crippen LogP contribution in [0.3, 0.4) is 0 Å². The molecule has 30 heavy (non-hydrogen) atoms. The fourth-order valence-corrected chi connectivity index (χ4v) is 6.88. The lowest BCUT2D eigenvalue weighted by Crippen LogP contribution is -2.55. The highest BCUT2D eigenvalue weighted by molar-refractivity contribution is 7.89. The van der Waals surface area contributed by atoms with Crippen LogP contribution < -0.4 is 0 Å². The van der Waals surface area contributed by atoms with Crippen LogP contribution in [0, 0.1) is 19.8 Å². The van der Waals surface area contributed by atoms with Crippen LogP contribution in [0.4, 0.5) is 0 Å².